The largest absolute Gasteiger partial charge is 0.399 e. The van der Waals surface area contributed by atoms with Crippen LogP contribution in [0.3, 0.4) is 0 Å². The van der Waals surface area contributed by atoms with E-state index < -0.39 is 0 Å². The monoisotopic (exact) mass is 205 g/mol. The van der Waals surface area contributed by atoms with E-state index in [1.54, 1.807) is 6.07 Å². The lowest BCUT2D eigenvalue weighted by molar-refractivity contribution is 0.0979. The number of carbonyl (C=O) groups is 1. The third kappa shape index (κ3) is 3.39. The van der Waals surface area contributed by atoms with Gasteiger partial charge in [-0.05, 0) is 37.1 Å². The number of hydrogen-bond acceptors (Lipinski definition) is 2. The predicted octanol–water partition coefficient (Wildman–Crippen LogP) is 3.34. The molecule has 0 heterocycles. The molecule has 2 N–H and O–H groups in total. The van der Waals surface area contributed by atoms with Crippen LogP contribution in [0.2, 0.25) is 0 Å². The Labute approximate surface area is 91.5 Å². The molecule has 1 rings (SSSR count). The topological polar surface area (TPSA) is 43.1 Å². The number of carbonyl (C=O) groups excluding carboxylic acids is 1. The SMILES string of the molecule is CCCCCC(=O)c1ccc(N)cc1C. The van der Waals surface area contributed by atoms with Gasteiger partial charge in [0.2, 0.25) is 0 Å². The van der Waals surface area contributed by atoms with Crippen LogP contribution in [0, 0.1) is 6.92 Å². The first-order chi connectivity index (χ1) is 7.15. The fraction of sp³-hybridized carbons (Fsp3) is 0.462. The van der Waals surface area contributed by atoms with Crippen molar-refractivity contribution in [3.8, 4) is 0 Å². The molecule has 0 bridgehead atoms. The van der Waals surface area contributed by atoms with Crippen LogP contribution in [-0.4, -0.2) is 5.78 Å². The van der Waals surface area contributed by atoms with Gasteiger partial charge in [-0.25, -0.2) is 0 Å². The van der Waals surface area contributed by atoms with Gasteiger partial charge in [0.25, 0.3) is 0 Å². The molecule has 82 valence electrons. The lowest BCUT2D eigenvalue weighted by atomic mass is 10.00. The van der Waals surface area contributed by atoms with Crippen molar-refractivity contribution in [1.29, 1.82) is 0 Å². The molecule has 2 nitrogen and oxygen atoms in total. The Bertz CT molecular complexity index is 344. The first kappa shape index (κ1) is 11.8. The van der Waals surface area contributed by atoms with Crippen LogP contribution in [0.5, 0.6) is 0 Å². The predicted molar refractivity (Wildman–Crippen MR) is 64.1 cm³/mol. The molecule has 1 aromatic carbocycles. The van der Waals surface area contributed by atoms with Gasteiger partial charge in [0.05, 0.1) is 0 Å². The molecule has 0 saturated heterocycles. The maximum Gasteiger partial charge on any atom is 0.163 e. The fourth-order valence-electron chi connectivity index (χ4n) is 1.67. The van der Waals surface area contributed by atoms with Crippen LogP contribution in [-0.2, 0) is 0 Å². The van der Waals surface area contributed by atoms with Crippen molar-refractivity contribution in [3.63, 3.8) is 0 Å². The lowest BCUT2D eigenvalue weighted by Crippen LogP contribution is -2.02. The average Bonchev–Trinajstić information content (AvgIpc) is 2.17. The van der Waals surface area contributed by atoms with Crippen molar-refractivity contribution < 1.29 is 4.79 Å². The molecule has 0 fully saturated rings. The molecule has 0 spiro atoms. The Balaban J connectivity index is 2.65. The maximum atomic E-state index is 11.8. The molecule has 0 unspecified atom stereocenters. The highest BCUT2D eigenvalue weighted by Crippen LogP contribution is 2.15. The minimum Gasteiger partial charge on any atom is -0.399 e. The minimum atomic E-state index is 0.237. The number of aryl methyl sites for hydroxylation is 1. The summed E-state index contributed by atoms with van der Waals surface area (Å²) < 4.78 is 0. The van der Waals surface area contributed by atoms with Crippen molar-refractivity contribution in [3.05, 3.63) is 29.3 Å². The Morgan fingerprint density at radius 2 is 2.07 bits per heavy atom. The number of ketones is 1. The number of anilines is 1. The average molecular weight is 205 g/mol. The normalized spacial score (nSPS) is 10.3. The first-order valence-electron chi connectivity index (χ1n) is 5.54. The van der Waals surface area contributed by atoms with E-state index in [0.717, 1.165) is 36.1 Å². The van der Waals surface area contributed by atoms with Gasteiger partial charge in [-0.3, -0.25) is 4.79 Å². The first-order valence-corrected chi connectivity index (χ1v) is 5.54. The standard InChI is InChI=1S/C13H19NO/c1-3-4-5-6-13(15)12-8-7-11(14)9-10(12)2/h7-9H,3-6,14H2,1-2H3. The molecular formula is C13H19NO. The molecule has 15 heavy (non-hydrogen) atoms. The van der Waals surface area contributed by atoms with Crippen LogP contribution in [0.4, 0.5) is 5.69 Å². The minimum absolute atomic E-state index is 0.237. The summed E-state index contributed by atoms with van der Waals surface area (Å²) in [6.45, 7) is 4.07. The van der Waals surface area contributed by atoms with Crippen LogP contribution < -0.4 is 5.73 Å². The molecule has 0 amide bonds. The highest BCUT2D eigenvalue weighted by molar-refractivity contribution is 5.97. The second kappa shape index (κ2) is 5.54. The second-order valence-corrected chi connectivity index (χ2v) is 3.95. The van der Waals surface area contributed by atoms with E-state index in [4.69, 9.17) is 5.73 Å². The zero-order valence-electron chi connectivity index (χ0n) is 9.55. The van der Waals surface area contributed by atoms with Gasteiger partial charge >= 0.3 is 0 Å². The number of nitrogens with two attached hydrogens (primary N) is 1. The number of rotatable bonds is 5. The summed E-state index contributed by atoms with van der Waals surface area (Å²) in [7, 11) is 0. The molecule has 0 saturated carbocycles. The van der Waals surface area contributed by atoms with Gasteiger partial charge in [-0.15, -0.1) is 0 Å². The zero-order valence-corrected chi connectivity index (χ0v) is 9.55. The summed E-state index contributed by atoms with van der Waals surface area (Å²) in [4.78, 5) is 11.8. The molecule has 2 heteroatoms. The van der Waals surface area contributed by atoms with E-state index in [9.17, 15) is 4.79 Å². The van der Waals surface area contributed by atoms with E-state index in [0.29, 0.717) is 6.42 Å². The zero-order chi connectivity index (χ0) is 11.3. The van der Waals surface area contributed by atoms with Crippen molar-refractivity contribution >= 4 is 11.5 Å². The quantitative estimate of drug-likeness (QED) is 0.455. The third-order valence-corrected chi connectivity index (χ3v) is 2.56. The summed E-state index contributed by atoms with van der Waals surface area (Å²) in [6.07, 6.45) is 3.91. The Kier molecular flexibility index (Phi) is 4.35. The van der Waals surface area contributed by atoms with Crippen molar-refractivity contribution in [2.75, 3.05) is 5.73 Å². The summed E-state index contributed by atoms with van der Waals surface area (Å²) in [5.74, 6) is 0.237. The molecule has 0 radical (unpaired) electrons. The van der Waals surface area contributed by atoms with Gasteiger partial charge in [-0.1, -0.05) is 19.8 Å². The fourth-order valence-corrected chi connectivity index (χ4v) is 1.67. The van der Waals surface area contributed by atoms with E-state index in [2.05, 4.69) is 6.92 Å². The smallest absolute Gasteiger partial charge is 0.163 e. The molecule has 0 aliphatic carbocycles. The molecule has 0 aromatic heterocycles. The van der Waals surface area contributed by atoms with Crippen LogP contribution in [0.15, 0.2) is 18.2 Å². The van der Waals surface area contributed by atoms with E-state index in [1.165, 1.54) is 0 Å². The van der Waals surface area contributed by atoms with Gasteiger partial charge in [0.15, 0.2) is 5.78 Å². The maximum absolute atomic E-state index is 11.8. The molecule has 0 aliphatic heterocycles. The number of hydrogen-bond donors (Lipinski definition) is 1. The number of unbranched alkanes of at least 4 members (excludes halogenated alkanes) is 2. The molecular weight excluding hydrogens is 186 g/mol. The molecule has 1 aromatic rings. The van der Waals surface area contributed by atoms with Crippen molar-refractivity contribution in [2.24, 2.45) is 0 Å². The Morgan fingerprint density at radius 3 is 2.67 bits per heavy atom. The second-order valence-electron chi connectivity index (χ2n) is 3.95. The lowest BCUT2D eigenvalue weighted by Gasteiger charge is -2.05. The van der Waals surface area contributed by atoms with Crippen LogP contribution in [0.25, 0.3) is 0 Å². The Morgan fingerprint density at radius 1 is 1.33 bits per heavy atom. The molecule has 0 aliphatic rings. The van der Waals surface area contributed by atoms with Crippen molar-refractivity contribution in [1.82, 2.24) is 0 Å². The summed E-state index contributed by atoms with van der Waals surface area (Å²) in [6, 6.07) is 5.48. The van der Waals surface area contributed by atoms with E-state index in [1.807, 2.05) is 19.1 Å². The van der Waals surface area contributed by atoms with Crippen LogP contribution in [0.1, 0.15) is 48.5 Å². The van der Waals surface area contributed by atoms with Gasteiger partial charge in [0, 0.05) is 17.7 Å². The third-order valence-electron chi connectivity index (χ3n) is 2.56. The van der Waals surface area contributed by atoms with Gasteiger partial charge < -0.3 is 5.73 Å². The number of benzene rings is 1. The highest BCUT2D eigenvalue weighted by Gasteiger charge is 2.08. The van der Waals surface area contributed by atoms with Gasteiger partial charge in [0.1, 0.15) is 0 Å². The van der Waals surface area contributed by atoms with Crippen molar-refractivity contribution in [2.45, 2.75) is 39.5 Å². The number of Topliss-reactive ketones (excluding diaryl/α,β-unsaturated/α-hetero) is 1. The van der Waals surface area contributed by atoms with Crippen LogP contribution >= 0.6 is 0 Å². The molecule has 0 atom stereocenters. The highest BCUT2D eigenvalue weighted by atomic mass is 16.1. The summed E-state index contributed by atoms with van der Waals surface area (Å²) >= 11 is 0. The summed E-state index contributed by atoms with van der Waals surface area (Å²) in [5.41, 5.74) is 8.16. The summed E-state index contributed by atoms with van der Waals surface area (Å²) in [5, 5.41) is 0. The Hall–Kier alpha value is -1.31. The van der Waals surface area contributed by atoms with E-state index in [-0.39, 0.29) is 5.78 Å². The van der Waals surface area contributed by atoms with Gasteiger partial charge in [-0.2, -0.15) is 0 Å². The van der Waals surface area contributed by atoms with E-state index >= 15 is 0 Å². The number of nitrogen functional groups attached to an aromatic ring is 1.